The molecule has 0 atom stereocenters. The fourth-order valence-electron chi connectivity index (χ4n) is 2.48. The molecule has 0 saturated carbocycles. The Morgan fingerprint density at radius 2 is 1.90 bits per heavy atom. The smallest absolute Gasteiger partial charge is 0.0726 e. The first kappa shape index (κ1) is 14.8. The standard InChI is InChI=1S/C17H25N3/c1-4-13(5-2)11-19-17-10-14(12-18-3)20-16-9-7-6-8-15(16)17/h6-10,13,18H,4-5,11-12H2,1-3H3,(H,19,20). The topological polar surface area (TPSA) is 37.0 Å². The van der Waals surface area contributed by atoms with E-state index in [1.807, 2.05) is 13.1 Å². The first-order valence-electron chi connectivity index (χ1n) is 7.55. The number of nitrogens with zero attached hydrogens (tertiary/aromatic N) is 1. The third-order valence-electron chi connectivity index (χ3n) is 3.86. The van der Waals surface area contributed by atoms with Crippen molar-refractivity contribution in [3.8, 4) is 0 Å². The lowest BCUT2D eigenvalue weighted by Crippen LogP contribution is -2.14. The van der Waals surface area contributed by atoms with Gasteiger partial charge in [0, 0.05) is 24.2 Å². The molecule has 3 nitrogen and oxygen atoms in total. The Balaban J connectivity index is 2.29. The minimum Gasteiger partial charge on any atom is -0.384 e. The summed E-state index contributed by atoms with van der Waals surface area (Å²) in [5.74, 6) is 0.731. The highest BCUT2D eigenvalue weighted by atomic mass is 14.9. The molecule has 3 heteroatoms. The number of fused-ring (bicyclic) bond motifs is 1. The summed E-state index contributed by atoms with van der Waals surface area (Å²) in [6.45, 7) is 6.34. The molecule has 2 aromatic rings. The van der Waals surface area contributed by atoms with Crippen LogP contribution in [0.25, 0.3) is 10.9 Å². The minimum absolute atomic E-state index is 0.731. The molecular formula is C17H25N3. The van der Waals surface area contributed by atoms with Crippen LogP contribution in [0.15, 0.2) is 30.3 Å². The molecule has 0 spiro atoms. The van der Waals surface area contributed by atoms with E-state index in [4.69, 9.17) is 4.98 Å². The largest absolute Gasteiger partial charge is 0.384 e. The number of rotatable bonds is 7. The molecule has 1 aromatic carbocycles. The number of nitrogens with one attached hydrogen (secondary N) is 2. The van der Waals surface area contributed by atoms with Crippen molar-refractivity contribution in [3.63, 3.8) is 0 Å². The Kier molecular flexibility index (Phi) is 5.36. The van der Waals surface area contributed by atoms with Crippen molar-refractivity contribution in [2.45, 2.75) is 33.2 Å². The van der Waals surface area contributed by atoms with Crippen LogP contribution in [-0.4, -0.2) is 18.6 Å². The molecule has 2 N–H and O–H groups in total. The van der Waals surface area contributed by atoms with Crippen molar-refractivity contribution in [3.05, 3.63) is 36.0 Å². The van der Waals surface area contributed by atoms with Crippen LogP contribution in [0.1, 0.15) is 32.4 Å². The molecule has 2 rings (SSSR count). The van der Waals surface area contributed by atoms with Crippen molar-refractivity contribution in [1.82, 2.24) is 10.3 Å². The summed E-state index contributed by atoms with van der Waals surface area (Å²) in [5.41, 5.74) is 3.35. The number of para-hydroxylation sites is 1. The molecule has 0 unspecified atom stereocenters. The molecule has 108 valence electrons. The van der Waals surface area contributed by atoms with Crippen LogP contribution in [-0.2, 0) is 6.54 Å². The van der Waals surface area contributed by atoms with E-state index >= 15 is 0 Å². The van der Waals surface area contributed by atoms with Gasteiger partial charge in [-0.05, 0) is 25.1 Å². The summed E-state index contributed by atoms with van der Waals surface area (Å²) in [6.07, 6.45) is 2.44. The molecule has 1 aromatic heterocycles. The Morgan fingerprint density at radius 1 is 1.15 bits per heavy atom. The van der Waals surface area contributed by atoms with Gasteiger partial charge in [-0.15, -0.1) is 0 Å². The van der Waals surface area contributed by atoms with Crippen LogP contribution in [0.2, 0.25) is 0 Å². The lowest BCUT2D eigenvalue weighted by molar-refractivity contribution is 0.519. The van der Waals surface area contributed by atoms with Crippen LogP contribution in [0.3, 0.4) is 0 Å². The number of aromatic nitrogens is 1. The van der Waals surface area contributed by atoms with Gasteiger partial charge in [0.15, 0.2) is 0 Å². The highest BCUT2D eigenvalue weighted by molar-refractivity contribution is 5.91. The van der Waals surface area contributed by atoms with E-state index in [1.165, 1.54) is 23.9 Å². The van der Waals surface area contributed by atoms with Gasteiger partial charge in [0.2, 0.25) is 0 Å². The van der Waals surface area contributed by atoms with E-state index in [2.05, 4.69) is 48.7 Å². The molecule has 0 saturated heterocycles. The maximum absolute atomic E-state index is 4.69. The molecular weight excluding hydrogens is 246 g/mol. The average molecular weight is 271 g/mol. The lowest BCUT2D eigenvalue weighted by atomic mass is 10.0. The van der Waals surface area contributed by atoms with Crippen molar-refractivity contribution in [2.75, 3.05) is 18.9 Å². The zero-order valence-electron chi connectivity index (χ0n) is 12.7. The lowest BCUT2D eigenvalue weighted by Gasteiger charge is -2.16. The number of hydrogen-bond acceptors (Lipinski definition) is 3. The van der Waals surface area contributed by atoms with Crippen molar-refractivity contribution >= 4 is 16.6 Å². The van der Waals surface area contributed by atoms with Gasteiger partial charge in [0.05, 0.1) is 11.2 Å². The molecule has 0 amide bonds. The fourth-order valence-corrected chi connectivity index (χ4v) is 2.48. The molecule has 0 fully saturated rings. The van der Waals surface area contributed by atoms with Gasteiger partial charge in [-0.25, -0.2) is 0 Å². The quantitative estimate of drug-likeness (QED) is 0.804. The Morgan fingerprint density at radius 3 is 2.60 bits per heavy atom. The van der Waals surface area contributed by atoms with Crippen LogP contribution in [0.4, 0.5) is 5.69 Å². The monoisotopic (exact) mass is 271 g/mol. The number of benzene rings is 1. The molecule has 0 radical (unpaired) electrons. The number of pyridine rings is 1. The molecule has 0 aliphatic heterocycles. The summed E-state index contributed by atoms with van der Waals surface area (Å²) in [4.78, 5) is 4.69. The van der Waals surface area contributed by atoms with Crippen LogP contribution in [0, 0.1) is 5.92 Å². The highest BCUT2D eigenvalue weighted by Gasteiger charge is 2.07. The summed E-state index contributed by atoms with van der Waals surface area (Å²) in [5, 5.41) is 8.00. The van der Waals surface area contributed by atoms with Gasteiger partial charge in [-0.2, -0.15) is 0 Å². The SMILES string of the molecule is CCC(CC)CNc1cc(CNC)nc2ccccc12. The van der Waals surface area contributed by atoms with Gasteiger partial charge in [-0.1, -0.05) is 44.9 Å². The zero-order chi connectivity index (χ0) is 14.4. The first-order valence-corrected chi connectivity index (χ1v) is 7.55. The molecule has 0 bridgehead atoms. The van der Waals surface area contributed by atoms with E-state index in [9.17, 15) is 0 Å². The second-order valence-corrected chi connectivity index (χ2v) is 5.27. The molecule has 0 aliphatic carbocycles. The molecule has 1 heterocycles. The second-order valence-electron chi connectivity index (χ2n) is 5.27. The van der Waals surface area contributed by atoms with Gasteiger partial charge >= 0.3 is 0 Å². The average Bonchev–Trinajstić information content (AvgIpc) is 2.48. The van der Waals surface area contributed by atoms with E-state index in [-0.39, 0.29) is 0 Å². The number of anilines is 1. The van der Waals surface area contributed by atoms with Crippen LogP contribution < -0.4 is 10.6 Å². The van der Waals surface area contributed by atoms with E-state index in [1.54, 1.807) is 0 Å². The summed E-state index contributed by atoms with van der Waals surface area (Å²) < 4.78 is 0. The summed E-state index contributed by atoms with van der Waals surface area (Å²) in [7, 11) is 1.95. The maximum atomic E-state index is 4.69. The second kappa shape index (κ2) is 7.25. The van der Waals surface area contributed by atoms with Gasteiger partial charge in [0.25, 0.3) is 0 Å². The normalized spacial score (nSPS) is 11.2. The van der Waals surface area contributed by atoms with Gasteiger partial charge < -0.3 is 10.6 Å². The third kappa shape index (κ3) is 3.48. The van der Waals surface area contributed by atoms with Crippen molar-refractivity contribution in [1.29, 1.82) is 0 Å². The minimum atomic E-state index is 0.731. The Hall–Kier alpha value is -1.61. The zero-order valence-corrected chi connectivity index (χ0v) is 12.7. The van der Waals surface area contributed by atoms with Crippen LogP contribution in [0.5, 0.6) is 0 Å². The van der Waals surface area contributed by atoms with Crippen LogP contribution >= 0.6 is 0 Å². The van der Waals surface area contributed by atoms with Gasteiger partial charge in [0.1, 0.15) is 0 Å². The van der Waals surface area contributed by atoms with E-state index in [0.29, 0.717) is 0 Å². The fraction of sp³-hybridized carbons (Fsp3) is 0.471. The molecule has 0 aliphatic rings. The van der Waals surface area contributed by atoms with Crippen molar-refractivity contribution in [2.24, 2.45) is 5.92 Å². The predicted octanol–water partition coefficient (Wildman–Crippen LogP) is 3.80. The van der Waals surface area contributed by atoms with E-state index in [0.717, 1.165) is 30.2 Å². The third-order valence-corrected chi connectivity index (χ3v) is 3.86. The summed E-state index contributed by atoms with van der Waals surface area (Å²) >= 11 is 0. The Labute approximate surface area is 121 Å². The molecule has 20 heavy (non-hydrogen) atoms. The highest BCUT2D eigenvalue weighted by Crippen LogP contribution is 2.24. The maximum Gasteiger partial charge on any atom is 0.0726 e. The van der Waals surface area contributed by atoms with Crippen molar-refractivity contribution < 1.29 is 0 Å². The predicted molar refractivity (Wildman–Crippen MR) is 87.1 cm³/mol. The first-order chi connectivity index (χ1) is 9.78. The van der Waals surface area contributed by atoms with Gasteiger partial charge in [-0.3, -0.25) is 4.98 Å². The number of hydrogen-bond donors (Lipinski definition) is 2. The summed E-state index contributed by atoms with van der Waals surface area (Å²) in [6, 6.07) is 10.5. The Bertz CT molecular complexity index is 547. The van der Waals surface area contributed by atoms with E-state index < -0.39 is 0 Å².